The number of nitrogens with zero attached hydrogens (tertiary/aromatic N) is 3. The van der Waals surface area contributed by atoms with E-state index in [4.69, 9.17) is 4.74 Å². The maximum absolute atomic E-state index is 5.13. The van der Waals surface area contributed by atoms with Crippen LogP contribution in [0.3, 0.4) is 0 Å². The van der Waals surface area contributed by atoms with Gasteiger partial charge in [-0.05, 0) is 13.3 Å². The summed E-state index contributed by atoms with van der Waals surface area (Å²) in [5.41, 5.74) is 1.01. The zero-order valence-electron chi connectivity index (χ0n) is 11.6. The molecule has 1 N–H and O–H groups in total. The van der Waals surface area contributed by atoms with Crippen LogP contribution >= 0.6 is 11.3 Å². The third-order valence-corrected chi connectivity index (χ3v) is 3.78. The van der Waals surface area contributed by atoms with Crippen molar-refractivity contribution in [3.8, 4) is 0 Å². The van der Waals surface area contributed by atoms with E-state index >= 15 is 0 Å². The second kappa shape index (κ2) is 6.68. The minimum atomic E-state index is 0.211. The summed E-state index contributed by atoms with van der Waals surface area (Å²) in [5.74, 6) is 0.886. The molecule has 2 rings (SSSR count). The number of hydrogen-bond donors (Lipinski definition) is 1. The molecular formula is C13H20N4OS. The number of imidazole rings is 1. The average molecular weight is 280 g/mol. The van der Waals surface area contributed by atoms with E-state index in [2.05, 4.69) is 26.8 Å². The Morgan fingerprint density at radius 2 is 2.37 bits per heavy atom. The molecule has 0 aliphatic rings. The molecule has 1 atom stereocenters. The van der Waals surface area contributed by atoms with Crippen LogP contribution in [-0.4, -0.2) is 28.3 Å². The molecule has 19 heavy (non-hydrogen) atoms. The second-order valence-electron chi connectivity index (χ2n) is 4.37. The van der Waals surface area contributed by atoms with Gasteiger partial charge in [0.25, 0.3) is 0 Å². The number of rotatable bonds is 7. The summed E-state index contributed by atoms with van der Waals surface area (Å²) in [5, 5.41) is 6.57. The van der Waals surface area contributed by atoms with Crippen molar-refractivity contribution in [1.29, 1.82) is 0 Å². The van der Waals surface area contributed by atoms with Gasteiger partial charge < -0.3 is 14.6 Å². The molecule has 0 aliphatic heterocycles. The van der Waals surface area contributed by atoms with Gasteiger partial charge in [0.15, 0.2) is 0 Å². The molecule has 0 aromatic carbocycles. The lowest BCUT2D eigenvalue weighted by Crippen LogP contribution is -2.15. The van der Waals surface area contributed by atoms with E-state index in [0.29, 0.717) is 6.61 Å². The van der Waals surface area contributed by atoms with E-state index < -0.39 is 0 Å². The van der Waals surface area contributed by atoms with Crippen LogP contribution in [0, 0.1) is 6.92 Å². The van der Waals surface area contributed by atoms with Crippen molar-refractivity contribution >= 4 is 17.3 Å². The third kappa shape index (κ3) is 3.54. The largest absolute Gasteiger partial charge is 0.383 e. The molecule has 0 saturated heterocycles. The van der Waals surface area contributed by atoms with Gasteiger partial charge in [0.05, 0.1) is 18.3 Å². The van der Waals surface area contributed by atoms with Gasteiger partial charge in [-0.25, -0.2) is 9.97 Å². The van der Waals surface area contributed by atoms with Crippen LogP contribution in [0.25, 0.3) is 0 Å². The minimum Gasteiger partial charge on any atom is -0.383 e. The van der Waals surface area contributed by atoms with Gasteiger partial charge in [0.2, 0.25) is 5.95 Å². The molecule has 2 heterocycles. The Bertz CT molecular complexity index is 495. The molecule has 0 spiro atoms. The van der Waals surface area contributed by atoms with Gasteiger partial charge in [-0.15, -0.1) is 11.3 Å². The van der Waals surface area contributed by atoms with Crippen LogP contribution in [-0.2, 0) is 11.3 Å². The van der Waals surface area contributed by atoms with Crippen LogP contribution in [0.2, 0.25) is 0 Å². The number of anilines is 1. The maximum atomic E-state index is 5.13. The van der Waals surface area contributed by atoms with Gasteiger partial charge in [-0.3, -0.25) is 0 Å². The number of thiazole rings is 1. The molecule has 0 saturated carbocycles. The maximum Gasteiger partial charge on any atom is 0.203 e. The topological polar surface area (TPSA) is 52.0 Å². The first kappa shape index (κ1) is 14.0. The number of aryl methyl sites for hydroxylation is 1. The fourth-order valence-corrected chi connectivity index (χ4v) is 2.70. The van der Waals surface area contributed by atoms with Crippen LogP contribution in [0.15, 0.2) is 17.8 Å². The van der Waals surface area contributed by atoms with Crippen molar-refractivity contribution in [2.24, 2.45) is 0 Å². The number of aromatic nitrogens is 3. The second-order valence-corrected chi connectivity index (χ2v) is 5.29. The highest BCUT2D eigenvalue weighted by molar-refractivity contribution is 7.09. The van der Waals surface area contributed by atoms with Gasteiger partial charge in [0, 0.05) is 31.4 Å². The highest BCUT2D eigenvalue weighted by atomic mass is 32.1. The van der Waals surface area contributed by atoms with Crippen molar-refractivity contribution in [1.82, 2.24) is 14.5 Å². The lowest BCUT2D eigenvalue weighted by Gasteiger charge is -2.16. The molecule has 6 heteroatoms. The molecule has 0 bridgehead atoms. The first-order chi connectivity index (χ1) is 9.24. The predicted molar refractivity (Wildman–Crippen MR) is 77.6 cm³/mol. The lowest BCUT2D eigenvalue weighted by atomic mass is 10.2. The zero-order chi connectivity index (χ0) is 13.7. The quantitative estimate of drug-likeness (QED) is 0.847. The highest BCUT2D eigenvalue weighted by Gasteiger charge is 2.15. The number of hydrogen-bond acceptors (Lipinski definition) is 5. The molecular weight excluding hydrogens is 260 g/mol. The molecule has 0 amide bonds. The fourth-order valence-electron chi connectivity index (χ4n) is 1.92. The van der Waals surface area contributed by atoms with Crippen molar-refractivity contribution in [3.63, 3.8) is 0 Å². The Morgan fingerprint density at radius 3 is 3.00 bits per heavy atom. The van der Waals surface area contributed by atoms with Gasteiger partial charge >= 0.3 is 0 Å². The first-order valence-corrected chi connectivity index (χ1v) is 7.31. The van der Waals surface area contributed by atoms with E-state index in [1.54, 1.807) is 18.4 Å². The molecule has 104 valence electrons. The predicted octanol–water partition coefficient (Wildman–Crippen LogP) is 2.86. The van der Waals surface area contributed by atoms with Crippen molar-refractivity contribution < 1.29 is 4.74 Å². The molecule has 1 unspecified atom stereocenters. The van der Waals surface area contributed by atoms with Crippen molar-refractivity contribution in [2.75, 3.05) is 19.0 Å². The number of nitrogens with one attached hydrogen (secondary N) is 1. The average Bonchev–Trinajstić information content (AvgIpc) is 3.03. The molecule has 5 nitrogen and oxygen atoms in total. The first-order valence-electron chi connectivity index (χ1n) is 6.43. The standard InChI is InChI=1S/C13H20N4OS/c1-4-11(12-14-5-8-19-12)16-13-15-10(2)9-17(13)6-7-18-3/h5,8-9,11H,4,6-7H2,1-3H3,(H,15,16). The smallest absolute Gasteiger partial charge is 0.203 e. The molecule has 0 aliphatic carbocycles. The SMILES string of the molecule is CCC(Nc1nc(C)cn1CCOC)c1nccs1. The molecule has 2 aromatic rings. The van der Waals surface area contributed by atoms with Crippen molar-refractivity contribution in [2.45, 2.75) is 32.9 Å². The lowest BCUT2D eigenvalue weighted by molar-refractivity contribution is 0.187. The summed E-state index contributed by atoms with van der Waals surface area (Å²) in [6.07, 6.45) is 4.85. The van der Waals surface area contributed by atoms with E-state index in [-0.39, 0.29) is 6.04 Å². The van der Waals surface area contributed by atoms with Crippen LogP contribution in [0.5, 0.6) is 0 Å². The summed E-state index contributed by atoms with van der Waals surface area (Å²) in [7, 11) is 1.71. The van der Waals surface area contributed by atoms with E-state index in [1.807, 2.05) is 24.7 Å². The van der Waals surface area contributed by atoms with Gasteiger partial charge in [-0.1, -0.05) is 6.92 Å². The van der Waals surface area contributed by atoms with Crippen LogP contribution < -0.4 is 5.32 Å². The van der Waals surface area contributed by atoms with Crippen LogP contribution in [0.1, 0.15) is 30.1 Å². The third-order valence-electron chi connectivity index (χ3n) is 2.89. The normalized spacial score (nSPS) is 12.6. The zero-order valence-corrected chi connectivity index (χ0v) is 12.4. The molecule has 2 aromatic heterocycles. The van der Waals surface area contributed by atoms with E-state index in [1.165, 1.54) is 0 Å². The Balaban J connectivity index is 2.12. The summed E-state index contributed by atoms with van der Waals surface area (Å²) in [6, 6.07) is 0.211. The van der Waals surface area contributed by atoms with Gasteiger partial charge in [-0.2, -0.15) is 0 Å². The highest BCUT2D eigenvalue weighted by Crippen LogP contribution is 2.23. The molecule has 0 fully saturated rings. The van der Waals surface area contributed by atoms with Crippen LogP contribution in [0.4, 0.5) is 5.95 Å². The fraction of sp³-hybridized carbons (Fsp3) is 0.538. The number of ether oxygens (including phenoxy) is 1. The Hall–Kier alpha value is -1.40. The monoisotopic (exact) mass is 280 g/mol. The van der Waals surface area contributed by atoms with Gasteiger partial charge in [0.1, 0.15) is 5.01 Å². The Kier molecular flexibility index (Phi) is 4.93. The minimum absolute atomic E-state index is 0.211. The Morgan fingerprint density at radius 1 is 1.53 bits per heavy atom. The van der Waals surface area contributed by atoms with E-state index in [9.17, 15) is 0 Å². The summed E-state index contributed by atoms with van der Waals surface area (Å²) < 4.78 is 7.22. The summed E-state index contributed by atoms with van der Waals surface area (Å²) >= 11 is 1.67. The van der Waals surface area contributed by atoms with Crippen molar-refractivity contribution in [3.05, 3.63) is 28.5 Å². The molecule has 0 radical (unpaired) electrons. The number of methoxy groups -OCH3 is 1. The van der Waals surface area contributed by atoms with E-state index in [0.717, 1.165) is 29.6 Å². The summed E-state index contributed by atoms with van der Waals surface area (Å²) in [4.78, 5) is 8.91. The summed E-state index contributed by atoms with van der Waals surface area (Å²) in [6.45, 7) is 5.62. The Labute approximate surface area is 117 Å².